The van der Waals surface area contributed by atoms with Crippen molar-refractivity contribution in [2.24, 2.45) is 5.92 Å². The summed E-state index contributed by atoms with van der Waals surface area (Å²) in [6.45, 7) is 8.05. The monoisotopic (exact) mass is 447 g/mol. The second-order valence-electron chi connectivity index (χ2n) is 9.72. The van der Waals surface area contributed by atoms with Crippen LogP contribution in [0.15, 0.2) is 42.6 Å². The zero-order chi connectivity index (χ0) is 22.8. The fraction of sp³-hybridized carbons (Fsp3) is 0.481. The number of hydrogen-bond acceptors (Lipinski definition) is 4. The molecule has 1 unspecified atom stereocenters. The Bertz CT molecular complexity index is 1110. The van der Waals surface area contributed by atoms with Crippen molar-refractivity contribution in [1.82, 2.24) is 15.1 Å². The Hall–Kier alpha value is -2.70. The molecule has 2 fully saturated rings. The number of aryl methyl sites for hydroxylation is 2. The summed E-state index contributed by atoms with van der Waals surface area (Å²) in [7, 11) is 0. The van der Waals surface area contributed by atoms with E-state index >= 15 is 0 Å². The summed E-state index contributed by atoms with van der Waals surface area (Å²) in [5, 5.41) is 8.41. The van der Waals surface area contributed by atoms with E-state index in [1.165, 1.54) is 16.7 Å². The number of benzene rings is 2. The van der Waals surface area contributed by atoms with Gasteiger partial charge in [-0.3, -0.25) is 9.89 Å². The first-order valence-corrected chi connectivity index (χ1v) is 12.0. The zero-order valence-electron chi connectivity index (χ0n) is 19.6. The van der Waals surface area contributed by atoms with Crippen LogP contribution in [0.3, 0.4) is 0 Å². The van der Waals surface area contributed by atoms with Crippen molar-refractivity contribution < 1.29 is 14.3 Å². The molecule has 2 aliphatic heterocycles. The predicted octanol–water partition coefficient (Wildman–Crippen LogP) is 3.95. The minimum atomic E-state index is -0.519. The molecular formula is C27H33N3O3. The third kappa shape index (κ3) is 4.42. The smallest absolute Gasteiger partial charge is 0.233 e. The SMILES string of the molecule is Cc1cc(C)cc(C2(C(=O)N3CCOCC(Cc4cccc5[nH]ncc45)C3)CCOCC2)c1. The number of rotatable bonds is 4. The highest BCUT2D eigenvalue weighted by molar-refractivity contribution is 5.89. The number of ether oxygens (including phenoxy) is 2. The Labute approximate surface area is 195 Å². The summed E-state index contributed by atoms with van der Waals surface area (Å²) in [6.07, 6.45) is 4.21. The van der Waals surface area contributed by atoms with Crippen LogP contribution in [0.1, 0.15) is 35.1 Å². The van der Waals surface area contributed by atoms with Crippen molar-refractivity contribution in [3.63, 3.8) is 0 Å². The lowest BCUT2D eigenvalue weighted by atomic mass is 9.72. The molecule has 1 aromatic heterocycles. The number of amides is 1. The number of H-pyrrole nitrogens is 1. The minimum Gasteiger partial charge on any atom is -0.381 e. The molecule has 3 heterocycles. The summed E-state index contributed by atoms with van der Waals surface area (Å²) in [5.74, 6) is 0.473. The molecule has 0 spiro atoms. The van der Waals surface area contributed by atoms with E-state index in [0.29, 0.717) is 39.5 Å². The van der Waals surface area contributed by atoms with Gasteiger partial charge in [0.05, 0.1) is 30.3 Å². The Kier molecular flexibility index (Phi) is 6.21. The Balaban J connectivity index is 1.42. The van der Waals surface area contributed by atoms with E-state index in [9.17, 15) is 4.79 Å². The van der Waals surface area contributed by atoms with E-state index in [4.69, 9.17) is 9.47 Å². The number of hydrogen-bond donors (Lipinski definition) is 1. The summed E-state index contributed by atoms with van der Waals surface area (Å²) < 4.78 is 11.7. The summed E-state index contributed by atoms with van der Waals surface area (Å²) >= 11 is 0. The maximum Gasteiger partial charge on any atom is 0.233 e. The molecule has 0 radical (unpaired) electrons. The number of nitrogens with zero attached hydrogens (tertiary/aromatic N) is 2. The van der Waals surface area contributed by atoms with E-state index in [1.54, 1.807) is 0 Å². The molecule has 1 amide bonds. The lowest BCUT2D eigenvalue weighted by Gasteiger charge is -2.40. The van der Waals surface area contributed by atoms with E-state index in [2.05, 4.69) is 59.3 Å². The van der Waals surface area contributed by atoms with E-state index in [-0.39, 0.29) is 11.8 Å². The van der Waals surface area contributed by atoms with E-state index in [0.717, 1.165) is 35.7 Å². The molecule has 6 heteroatoms. The van der Waals surface area contributed by atoms with Crippen LogP contribution >= 0.6 is 0 Å². The maximum atomic E-state index is 14.2. The van der Waals surface area contributed by atoms with Crippen molar-refractivity contribution in [3.05, 3.63) is 64.8 Å². The molecule has 1 N–H and O–H groups in total. The van der Waals surface area contributed by atoms with Crippen LogP contribution in [-0.2, 0) is 26.1 Å². The molecule has 3 aromatic rings. The second kappa shape index (κ2) is 9.27. The van der Waals surface area contributed by atoms with Gasteiger partial charge in [-0.05, 0) is 50.3 Å². The van der Waals surface area contributed by atoms with Crippen LogP contribution in [-0.4, -0.2) is 60.5 Å². The van der Waals surface area contributed by atoms with Gasteiger partial charge in [0.15, 0.2) is 0 Å². The summed E-state index contributed by atoms with van der Waals surface area (Å²) in [6, 6.07) is 12.8. The number of fused-ring (bicyclic) bond motifs is 1. The average molecular weight is 448 g/mol. The van der Waals surface area contributed by atoms with Crippen molar-refractivity contribution in [1.29, 1.82) is 0 Å². The highest BCUT2D eigenvalue weighted by Gasteiger charge is 2.44. The zero-order valence-corrected chi connectivity index (χ0v) is 19.6. The fourth-order valence-corrected chi connectivity index (χ4v) is 5.61. The molecule has 0 bridgehead atoms. The molecule has 2 aliphatic rings. The van der Waals surface area contributed by atoms with Gasteiger partial charge in [0.2, 0.25) is 5.91 Å². The van der Waals surface area contributed by atoms with Crippen molar-refractivity contribution >= 4 is 16.8 Å². The molecule has 2 aromatic carbocycles. The summed E-state index contributed by atoms with van der Waals surface area (Å²) in [5.41, 5.74) is 5.32. The molecule has 0 saturated carbocycles. The van der Waals surface area contributed by atoms with Crippen LogP contribution in [0, 0.1) is 19.8 Å². The van der Waals surface area contributed by atoms with Gasteiger partial charge in [0.25, 0.3) is 0 Å². The van der Waals surface area contributed by atoms with Gasteiger partial charge in [0.1, 0.15) is 0 Å². The first-order valence-electron chi connectivity index (χ1n) is 12.0. The molecule has 2 saturated heterocycles. The topological polar surface area (TPSA) is 67.5 Å². The van der Waals surface area contributed by atoms with Crippen LogP contribution in [0.2, 0.25) is 0 Å². The first-order chi connectivity index (χ1) is 16.0. The van der Waals surface area contributed by atoms with Crippen LogP contribution < -0.4 is 0 Å². The van der Waals surface area contributed by atoms with Gasteiger partial charge in [-0.15, -0.1) is 0 Å². The first kappa shape index (κ1) is 22.1. The van der Waals surface area contributed by atoms with Crippen LogP contribution in [0.5, 0.6) is 0 Å². The lowest BCUT2D eigenvalue weighted by molar-refractivity contribution is -0.141. The Morgan fingerprint density at radius 2 is 1.91 bits per heavy atom. The standard InChI is InChI=1S/C27H33N3O3/c1-19-12-20(2)14-23(13-19)27(6-9-32-10-7-27)26(31)30-8-11-33-18-21(17-30)15-22-4-3-5-25-24(22)16-28-29-25/h3-5,12-14,16,21H,6-11,15,17-18H2,1-2H3,(H,28,29). The fourth-order valence-electron chi connectivity index (χ4n) is 5.61. The Morgan fingerprint density at radius 3 is 2.70 bits per heavy atom. The summed E-state index contributed by atoms with van der Waals surface area (Å²) in [4.78, 5) is 16.3. The molecule has 1 atom stereocenters. The maximum absolute atomic E-state index is 14.2. The average Bonchev–Trinajstić information content (AvgIpc) is 3.18. The van der Waals surface area contributed by atoms with Crippen LogP contribution in [0.25, 0.3) is 10.9 Å². The molecule has 5 rings (SSSR count). The molecular weight excluding hydrogens is 414 g/mol. The van der Waals surface area contributed by atoms with Gasteiger partial charge >= 0.3 is 0 Å². The van der Waals surface area contributed by atoms with Crippen LogP contribution in [0.4, 0.5) is 0 Å². The lowest BCUT2D eigenvalue weighted by Crippen LogP contribution is -2.51. The highest BCUT2D eigenvalue weighted by atomic mass is 16.5. The number of carbonyl (C=O) groups excluding carboxylic acids is 1. The number of carbonyl (C=O) groups is 1. The van der Waals surface area contributed by atoms with E-state index < -0.39 is 5.41 Å². The highest BCUT2D eigenvalue weighted by Crippen LogP contribution is 2.38. The molecule has 174 valence electrons. The van der Waals surface area contributed by atoms with Gasteiger partial charge in [-0.25, -0.2) is 0 Å². The molecule has 0 aliphatic carbocycles. The second-order valence-corrected chi connectivity index (χ2v) is 9.72. The van der Waals surface area contributed by atoms with Gasteiger partial charge < -0.3 is 14.4 Å². The van der Waals surface area contributed by atoms with Gasteiger partial charge in [-0.1, -0.05) is 41.5 Å². The third-order valence-electron chi connectivity index (χ3n) is 7.24. The quantitative estimate of drug-likeness (QED) is 0.658. The van der Waals surface area contributed by atoms with Crippen molar-refractivity contribution in [2.75, 3.05) is 39.5 Å². The Morgan fingerprint density at radius 1 is 1.12 bits per heavy atom. The number of nitrogens with one attached hydrogen (secondary N) is 1. The largest absolute Gasteiger partial charge is 0.381 e. The van der Waals surface area contributed by atoms with Crippen molar-refractivity contribution in [3.8, 4) is 0 Å². The van der Waals surface area contributed by atoms with Gasteiger partial charge in [0, 0.05) is 37.6 Å². The minimum absolute atomic E-state index is 0.229. The van der Waals surface area contributed by atoms with Gasteiger partial charge in [-0.2, -0.15) is 5.10 Å². The van der Waals surface area contributed by atoms with Crippen molar-refractivity contribution in [2.45, 2.75) is 38.5 Å². The number of aromatic amines is 1. The predicted molar refractivity (Wildman–Crippen MR) is 128 cm³/mol. The molecule has 6 nitrogen and oxygen atoms in total. The normalized spacial score (nSPS) is 21.2. The molecule has 33 heavy (non-hydrogen) atoms. The number of aromatic nitrogens is 2. The third-order valence-corrected chi connectivity index (χ3v) is 7.24. The van der Waals surface area contributed by atoms with E-state index in [1.807, 2.05) is 12.3 Å².